The molecule has 0 bridgehead atoms. The number of methoxy groups -OCH3 is 1. The highest BCUT2D eigenvalue weighted by Gasteiger charge is 2.13. The van der Waals surface area contributed by atoms with E-state index in [1.807, 2.05) is 5.01 Å². The lowest BCUT2D eigenvalue weighted by molar-refractivity contribution is 0.302. The van der Waals surface area contributed by atoms with Crippen LogP contribution in [0.25, 0.3) is 5.69 Å². The Balaban J connectivity index is 1.98. The minimum Gasteiger partial charge on any atom is -0.497 e. The van der Waals surface area contributed by atoms with Gasteiger partial charge in [-0.15, -0.1) is 0 Å². The molecule has 26 heavy (non-hydrogen) atoms. The fraction of sp³-hybridized carbons (Fsp3) is 0.389. The summed E-state index contributed by atoms with van der Waals surface area (Å²) < 4.78 is 6.66. The van der Waals surface area contributed by atoms with E-state index in [1.54, 1.807) is 31.4 Å². The van der Waals surface area contributed by atoms with Crippen LogP contribution in [-0.4, -0.2) is 46.1 Å². The molecule has 138 valence electrons. The fourth-order valence-corrected chi connectivity index (χ4v) is 3.22. The SMILES string of the molecule is COc1ccc(-n2c(O)c(C=NN3CCCCCC3)c(=O)[nH]c2=S)cc1. The summed E-state index contributed by atoms with van der Waals surface area (Å²) in [4.78, 5) is 14.9. The van der Waals surface area contributed by atoms with Crippen LogP contribution in [0.15, 0.2) is 34.2 Å². The zero-order chi connectivity index (χ0) is 18.5. The summed E-state index contributed by atoms with van der Waals surface area (Å²) >= 11 is 5.22. The van der Waals surface area contributed by atoms with Crippen molar-refractivity contribution in [2.24, 2.45) is 5.10 Å². The molecule has 2 aromatic rings. The highest BCUT2D eigenvalue weighted by molar-refractivity contribution is 7.71. The van der Waals surface area contributed by atoms with Crippen LogP contribution >= 0.6 is 12.2 Å². The molecule has 0 amide bonds. The maximum atomic E-state index is 12.3. The first-order valence-corrected chi connectivity index (χ1v) is 9.02. The van der Waals surface area contributed by atoms with E-state index in [4.69, 9.17) is 17.0 Å². The maximum Gasteiger partial charge on any atom is 0.264 e. The number of aromatic amines is 1. The van der Waals surface area contributed by atoms with Crippen LogP contribution in [0.5, 0.6) is 11.6 Å². The van der Waals surface area contributed by atoms with Gasteiger partial charge in [-0.3, -0.25) is 19.4 Å². The summed E-state index contributed by atoms with van der Waals surface area (Å²) in [5.74, 6) is 0.453. The maximum absolute atomic E-state index is 12.3. The number of benzene rings is 1. The number of hydrogen-bond acceptors (Lipinski definition) is 6. The molecule has 1 fully saturated rings. The number of hydrazone groups is 1. The van der Waals surface area contributed by atoms with Gasteiger partial charge in [-0.2, -0.15) is 5.10 Å². The fourth-order valence-electron chi connectivity index (χ4n) is 2.93. The van der Waals surface area contributed by atoms with Gasteiger partial charge in [0, 0.05) is 13.1 Å². The van der Waals surface area contributed by atoms with Crippen molar-refractivity contribution in [3.63, 3.8) is 0 Å². The van der Waals surface area contributed by atoms with E-state index in [1.165, 1.54) is 23.6 Å². The minimum atomic E-state index is -0.462. The topological polar surface area (TPSA) is 82.8 Å². The van der Waals surface area contributed by atoms with Crippen molar-refractivity contribution in [2.45, 2.75) is 25.7 Å². The van der Waals surface area contributed by atoms with Crippen molar-refractivity contribution in [3.8, 4) is 17.3 Å². The number of aromatic hydroxyl groups is 1. The van der Waals surface area contributed by atoms with Crippen LogP contribution in [0.1, 0.15) is 31.2 Å². The van der Waals surface area contributed by atoms with Crippen molar-refractivity contribution in [1.29, 1.82) is 0 Å². The molecule has 7 nitrogen and oxygen atoms in total. The summed E-state index contributed by atoms with van der Waals surface area (Å²) in [7, 11) is 1.58. The first kappa shape index (κ1) is 18.2. The molecule has 0 aliphatic carbocycles. The summed E-state index contributed by atoms with van der Waals surface area (Å²) in [6, 6.07) is 7.02. The van der Waals surface area contributed by atoms with Crippen molar-refractivity contribution in [3.05, 3.63) is 45.0 Å². The molecule has 2 heterocycles. The van der Waals surface area contributed by atoms with Gasteiger partial charge < -0.3 is 9.84 Å². The van der Waals surface area contributed by atoms with E-state index in [0.29, 0.717) is 11.4 Å². The summed E-state index contributed by atoms with van der Waals surface area (Å²) in [6.45, 7) is 1.71. The number of hydrogen-bond donors (Lipinski definition) is 2. The van der Waals surface area contributed by atoms with Gasteiger partial charge in [0.05, 0.1) is 19.0 Å². The Kier molecular flexibility index (Phi) is 5.72. The van der Waals surface area contributed by atoms with E-state index in [9.17, 15) is 9.90 Å². The first-order chi connectivity index (χ1) is 12.6. The molecule has 0 radical (unpaired) electrons. The van der Waals surface area contributed by atoms with E-state index in [-0.39, 0.29) is 16.2 Å². The van der Waals surface area contributed by atoms with Crippen LogP contribution < -0.4 is 10.3 Å². The molecule has 1 aromatic heterocycles. The number of rotatable bonds is 4. The number of aromatic nitrogens is 2. The van der Waals surface area contributed by atoms with E-state index in [0.717, 1.165) is 25.9 Å². The Hall–Kier alpha value is -2.61. The molecular weight excluding hydrogens is 352 g/mol. The molecule has 1 aliphatic heterocycles. The highest BCUT2D eigenvalue weighted by Crippen LogP contribution is 2.21. The molecule has 8 heteroatoms. The minimum absolute atomic E-state index is 0.0821. The third-order valence-electron chi connectivity index (χ3n) is 4.38. The molecule has 0 saturated carbocycles. The van der Waals surface area contributed by atoms with Crippen molar-refractivity contribution in [2.75, 3.05) is 20.2 Å². The van der Waals surface area contributed by atoms with Crippen LogP contribution in [0.2, 0.25) is 0 Å². The predicted molar refractivity (Wildman–Crippen MR) is 103 cm³/mol. The van der Waals surface area contributed by atoms with Gasteiger partial charge in [0.1, 0.15) is 11.3 Å². The number of nitrogens with one attached hydrogen (secondary N) is 1. The highest BCUT2D eigenvalue weighted by atomic mass is 32.1. The van der Waals surface area contributed by atoms with Gasteiger partial charge >= 0.3 is 0 Å². The number of ether oxygens (including phenoxy) is 1. The predicted octanol–water partition coefficient (Wildman–Crippen LogP) is 2.82. The molecule has 0 spiro atoms. The molecular formula is C18H22N4O3S. The number of nitrogens with zero attached hydrogens (tertiary/aromatic N) is 3. The van der Waals surface area contributed by atoms with Crippen LogP contribution in [-0.2, 0) is 0 Å². The molecule has 0 atom stereocenters. The van der Waals surface area contributed by atoms with Crippen molar-refractivity contribution < 1.29 is 9.84 Å². The molecule has 1 saturated heterocycles. The molecule has 0 unspecified atom stereocenters. The normalized spacial score (nSPS) is 15.2. The average Bonchev–Trinajstić information content (AvgIpc) is 2.90. The zero-order valence-electron chi connectivity index (χ0n) is 14.6. The third-order valence-corrected chi connectivity index (χ3v) is 4.67. The van der Waals surface area contributed by atoms with Crippen molar-refractivity contribution >= 4 is 18.4 Å². The quantitative estimate of drug-likeness (QED) is 0.635. The molecule has 1 aliphatic rings. The van der Waals surface area contributed by atoms with Gasteiger partial charge in [-0.05, 0) is 49.3 Å². The lowest BCUT2D eigenvalue weighted by atomic mass is 10.2. The largest absolute Gasteiger partial charge is 0.497 e. The van der Waals surface area contributed by atoms with E-state index >= 15 is 0 Å². The van der Waals surface area contributed by atoms with E-state index < -0.39 is 5.56 Å². The summed E-state index contributed by atoms with van der Waals surface area (Å²) in [5, 5.41) is 17.0. The molecule has 1 aromatic carbocycles. The Labute approximate surface area is 156 Å². The second kappa shape index (κ2) is 8.18. The monoisotopic (exact) mass is 374 g/mol. The Morgan fingerprint density at radius 3 is 2.46 bits per heavy atom. The third kappa shape index (κ3) is 3.96. The van der Waals surface area contributed by atoms with Crippen molar-refractivity contribution in [1.82, 2.24) is 14.6 Å². The summed E-state index contributed by atoms with van der Waals surface area (Å²) in [5.41, 5.74) is 0.239. The lowest BCUT2D eigenvalue weighted by Gasteiger charge is -2.16. The lowest BCUT2D eigenvalue weighted by Crippen LogP contribution is -2.21. The van der Waals surface area contributed by atoms with Crippen LogP contribution in [0.3, 0.4) is 0 Å². The summed E-state index contributed by atoms with van der Waals surface area (Å²) in [6.07, 6.45) is 5.96. The van der Waals surface area contributed by atoms with Crippen LogP contribution in [0.4, 0.5) is 0 Å². The Morgan fingerprint density at radius 1 is 1.19 bits per heavy atom. The average molecular weight is 374 g/mol. The number of H-pyrrole nitrogens is 1. The Bertz CT molecular complexity index is 894. The second-order valence-electron chi connectivity index (χ2n) is 6.14. The smallest absolute Gasteiger partial charge is 0.264 e. The van der Waals surface area contributed by atoms with Crippen LogP contribution in [0, 0.1) is 4.77 Å². The standard InChI is InChI=1S/C18H22N4O3S/c1-25-14-8-6-13(7-9-14)22-17(24)15(16(23)20-18(22)26)12-19-21-10-4-2-3-5-11-21/h6-9,12,24H,2-5,10-11H2,1H3,(H,20,23,26). The molecule has 3 rings (SSSR count). The van der Waals surface area contributed by atoms with Gasteiger partial charge in [-0.25, -0.2) is 0 Å². The van der Waals surface area contributed by atoms with Gasteiger partial charge in [0.2, 0.25) is 5.88 Å². The van der Waals surface area contributed by atoms with E-state index in [2.05, 4.69) is 10.1 Å². The van der Waals surface area contributed by atoms with Gasteiger partial charge in [0.25, 0.3) is 5.56 Å². The molecule has 2 N–H and O–H groups in total. The zero-order valence-corrected chi connectivity index (χ0v) is 15.5. The first-order valence-electron chi connectivity index (χ1n) is 8.62. The van der Waals surface area contributed by atoms with Gasteiger partial charge in [0.15, 0.2) is 4.77 Å². The second-order valence-corrected chi connectivity index (χ2v) is 6.53. The Morgan fingerprint density at radius 2 is 1.85 bits per heavy atom. The van der Waals surface area contributed by atoms with Gasteiger partial charge in [-0.1, -0.05) is 12.8 Å².